The fourth-order valence-corrected chi connectivity index (χ4v) is 2.28. The Labute approximate surface area is 86.8 Å². The van der Waals surface area contributed by atoms with E-state index in [0.29, 0.717) is 19.5 Å². The van der Waals surface area contributed by atoms with Gasteiger partial charge in [-0.1, -0.05) is 0 Å². The van der Waals surface area contributed by atoms with Crippen molar-refractivity contribution < 1.29 is 14.4 Å². The van der Waals surface area contributed by atoms with Crippen LogP contribution in [-0.4, -0.2) is 42.3 Å². The predicted octanol–water partition coefficient (Wildman–Crippen LogP) is -1.79. The lowest BCUT2D eigenvalue weighted by Gasteiger charge is -2.49. The van der Waals surface area contributed by atoms with Crippen LogP contribution in [0, 0.1) is 5.41 Å². The lowest BCUT2D eigenvalue weighted by molar-refractivity contribution is -0.167. The van der Waals surface area contributed by atoms with Gasteiger partial charge in [-0.25, -0.2) is 0 Å². The van der Waals surface area contributed by atoms with Gasteiger partial charge in [-0.15, -0.1) is 0 Å². The standard InChI is InChI=1S/C9H13N3O3/c10-6(13)4-12-5-9(8(12)15)1-2-11-7(14)3-9/h1-5H2,(H2,10,13)(H,11,14)/t9-/m0/s1. The molecule has 6 heteroatoms. The first kappa shape index (κ1) is 9.95. The average Bonchev–Trinajstić information content (AvgIpc) is 2.16. The molecule has 1 spiro atoms. The summed E-state index contributed by atoms with van der Waals surface area (Å²) < 4.78 is 0. The molecule has 3 N–H and O–H groups in total. The van der Waals surface area contributed by atoms with Gasteiger partial charge in [0.25, 0.3) is 0 Å². The zero-order chi connectivity index (χ0) is 11.1. The summed E-state index contributed by atoms with van der Waals surface area (Å²) in [5.41, 5.74) is 4.45. The average molecular weight is 211 g/mol. The fourth-order valence-electron chi connectivity index (χ4n) is 2.28. The van der Waals surface area contributed by atoms with Gasteiger partial charge in [0.05, 0.1) is 12.0 Å². The molecule has 82 valence electrons. The van der Waals surface area contributed by atoms with Gasteiger partial charge in [-0.3, -0.25) is 14.4 Å². The number of hydrogen-bond donors (Lipinski definition) is 2. The number of nitrogens with two attached hydrogens (primary N) is 1. The van der Waals surface area contributed by atoms with Crippen LogP contribution in [-0.2, 0) is 14.4 Å². The summed E-state index contributed by atoms with van der Waals surface area (Å²) in [6.45, 7) is 0.972. The van der Waals surface area contributed by atoms with Crippen LogP contribution in [0.5, 0.6) is 0 Å². The van der Waals surface area contributed by atoms with Crippen LogP contribution in [0.25, 0.3) is 0 Å². The fraction of sp³-hybridized carbons (Fsp3) is 0.667. The molecule has 0 unspecified atom stereocenters. The largest absolute Gasteiger partial charge is 0.368 e. The second-order valence-electron chi connectivity index (χ2n) is 4.18. The van der Waals surface area contributed by atoms with Gasteiger partial charge in [0.1, 0.15) is 0 Å². The molecule has 0 aromatic heterocycles. The van der Waals surface area contributed by atoms with E-state index < -0.39 is 11.3 Å². The van der Waals surface area contributed by atoms with Gasteiger partial charge in [0, 0.05) is 19.5 Å². The van der Waals surface area contributed by atoms with E-state index in [4.69, 9.17) is 5.73 Å². The highest BCUT2D eigenvalue weighted by molar-refractivity contribution is 5.96. The van der Waals surface area contributed by atoms with E-state index >= 15 is 0 Å². The van der Waals surface area contributed by atoms with Crippen LogP contribution >= 0.6 is 0 Å². The number of hydrogen-bond acceptors (Lipinski definition) is 3. The Bertz CT molecular complexity index is 341. The number of likely N-dealkylation sites (tertiary alicyclic amines) is 1. The minimum Gasteiger partial charge on any atom is -0.368 e. The lowest BCUT2D eigenvalue weighted by atomic mass is 9.71. The monoisotopic (exact) mass is 211 g/mol. The number of primary amides is 1. The molecule has 1 atom stereocenters. The number of nitrogens with zero attached hydrogens (tertiary/aromatic N) is 1. The minimum atomic E-state index is -0.544. The van der Waals surface area contributed by atoms with Gasteiger partial charge < -0.3 is 16.0 Å². The number of nitrogens with one attached hydrogen (secondary N) is 1. The van der Waals surface area contributed by atoms with Crippen molar-refractivity contribution in [2.75, 3.05) is 19.6 Å². The molecule has 2 heterocycles. The molecule has 3 amide bonds. The van der Waals surface area contributed by atoms with Gasteiger partial charge >= 0.3 is 0 Å². The Morgan fingerprint density at radius 1 is 1.53 bits per heavy atom. The normalized spacial score (nSPS) is 30.0. The van der Waals surface area contributed by atoms with Gasteiger partial charge in [0.15, 0.2) is 0 Å². The Kier molecular flexibility index (Phi) is 2.13. The molecule has 6 nitrogen and oxygen atoms in total. The molecule has 15 heavy (non-hydrogen) atoms. The quantitative estimate of drug-likeness (QED) is 0.528. The molecule has 2 fully saturated rings. The van der Waals surface area contributed by atoms with Crippen LogP contribution < -0.4 is 11.1 Å². The van der Waals surface area contributed by atoms with Gasteiger partial charge in [-0.2, -0.15) is 0 Å². The zero-order valence-corrected chi connectivity index (χ0v) is 8.28. The number of amides is 3. The Hall–Kier alpha value is -1.59. The maximum absolute atomic E-state index is 11.8. The maximum Gasteiger partial charge on any atom is 0.237 e. The Morgan fingerprint density at radius 2 is 2.27 bits per heavy atom. The van der Waals surface area contributed by atoms with Crippen molar-refractivity contribution in [2.24, 2.45) is 11.1 Å². The van der Waals surface area contributed by atoms with E-state index in [-0.39, 0.29) is 24.8 Å². The topological polar surface area (TPSA) is 92.5 Å². The maximum atomic E-state index is 11.8. The molecule has 2 saturated heterocycles. The molecule has 2 rings (SSSR count). The third kappa shape index (κ3) is 1.55. The minimum absolute atomic E-state index is 0.0395. The summed E-state index contributed by atoms with van der Waals surface area (Å²) in [4.78, 5) is 35.0. The first-order valence-electron chi connectivity index (χ1n) is 4.88. The van der Waals surface area contributed by atoms with Crippen molar-refractivity contribution in [1.82, 2.24) is 10.2 Å². The third-order valence-electron chi connectivity index (χ3n) is 3.01. The first-order valence-corrected chi connectivity index (χ1v) is 4.88. The zero-order valence-electron chi connectivity index (χ0n) is 8.28. The summed E-state index contributed by atoms with van der Waals surface area (Å²) >= 11 is 0. The van der Waals surface area contributed by atoms with Crippen molar-refractivity contribution in [1.29, 1.82) is 0 Å². The van der Waals surface area contributed by atoms with E-state index in [1.165, 1.54) is 4.90 Å². The van der Waals surface area contributed by atoms with Crippen molar-refractivity contribution >= 4 is 17.7 Å². The van der Waals surface area contributed by atoms with Crippen molar-refractivity contribution in [2.45, 2.75) is 12.8 Å². The van der Waals surface area contributed by atoms with Crippen molar-refractivity contribution in [3.8, 4) is 0 Å². The number of carbonyl (C=O) groups excluding carboxylic acids is 3. The number of carbonyl (C=O) groups is 3. The van der Waals surface area contributed by atoms with E-state index in [1.807, 2.05) is 0 Å². The summed E-state index contributed by atoms with van der Waals surface area (Å²) in [6.07, 6.45) is 0.897. The molecule has 0 radical (unpaired) electrons. The summed E-state index contributed by atoms with van der Waals surface area (Å²) in [5, 5.41) is 2.68. The number of β-lactam (4-membered cyclic amide) rings is 1. The van der Waals surface area contributed by atoms with Crippen molar-refractivity contribution in [3.63, 3.8) is 0 Å². The second kappa shape index (κ2) is 3.22. The van der Waals surface area contributed by atoms with E-state index in [0.717, 1.165) is 0 Å². The van der Waals surface area contributed by atoms with Crippen LogP contribution in [0.2, 0.25) is 0 Å². The second-order valence-corrected chi connectivity index (χ2v) is 4.18. The molecule has 0 aliphatic carbocycles. The predicted molar refractivity (Wildman–Crippen MR) is 50.5 cm³/mol. The molecule has 0 saturated carbocycles. The van der Waals surface area contributed by atoms with E-state index in [9.17, 15) is 14.4 Å². The summed E-state index contributed by atoms with van der Waals surface area (Å²) in [7, 11) is 0. The molecule has 2 aliphatic heterocycles. The summed E-state index contributed by atoms with van der Waals surface area (Å²) in [6, 6.07) is 0. The molecule has 0 aromatic rings. The van der Waals surface area contributed by atoms with Crippen LogP contribution in [0.4, 0.5) is 0 Å². The number of piperidine rings is 1. The highest BCUT2D eigenvalue weighted by Crippen LogP contribution is 2.40. The highest BCUT2D eigenvalue weighted by atomic mass is 16.2. The van der Waals surface area contributed by atoms with Crippen LogP contribution in [0.1, 0.15) is 12.8 Å². The van der Waals surface area contributed by atoms with Crippen LogP contribution in [0.15, 0.2) is 0 Å². The lowest BCUT2D eigenvalue weighted by Crippen LogP contribution is -2.66. The van der Waals surface area contributed by atoms with Crippen molar-refractivity contribution in [3.05, 3.63) is 0 Å². The smallest absolute Gasteiger partial charge is 0.237 e. The van der Waals surface area contributed by atoms with E-state index in [1.54, 1.807) is 0 Å². The van der Waals surface area contributed by atoms with Gasteiger partial charge in [0.2, 0.25) is 17.7 Å². The van der Waals surface area contributed by atoms with E-state index in [2.05, 4.69) is 5.32 Å². The van der Waals surface area contributed by atoms with Gasteiger partial charge in [-0.05, 0) is 6.42 Å². The Balaban J connectivity index is 2.00. The molecule has 0 bridgehead atoms. The summed E-state index contributed by atoms with van der Waals surface area (Å²) in [5.74, 6) is -0.720. The third-order valence-corrected chi connectivity index (χ3v) is 3.01. The molecular weight excluding hydrogens is 198 g/mol. The first-order chi connectivity index (χ1) is 7.03. The van der Waals surface area contributed by atoms with Crippen LogP contribution in [0.3, 0.4) is 0 Å². The molecular formula is C9H13N3O3. The Morgan fingerprint density at radius 3 is 2.80 bits per heavy atom. The number of rotatable bonds is 2. The SMILES string of the molecule is NC(=O)CN1C[C@@]2(CCNC(=O)C2)C1=O. The highest BCUT2D eigenvalue weighted by Gasteiger charge is 2.54. The molecule has 2 aliphatic rings. The molecule has 0 aromatic carbocycles.